The molecule has 19 heavy (non-hydrogen) atoms. The van der Waals surface area contributed by atoms with Crippen LogP contribution in [0.2, 0.25) is 5.02 Å². The average molecular weight is 338 g/mol. The van der Waals surface area contributed by atoms with Crippen LogP contribution >= 0.6 is 27.5 Å². The maximum atomic E-state index is 6.20. The molecule has 1 unspecified atom stereocenters. The first-order chi connectivity index (χ1) is 9.13. The number of rotatable bonds is 2. The molecular weight excluding hydrogens is 324 g/mol. The van der Waals surface area contributed by atoms with Crippen molar-refractivity contribution in [3.05, 3.63) is 63.1 Å². The first-order valence-electron chi connectivity index (χ1n) is 6.18. The molecule has 1 heterocycles. The van der Waals surface area contributed by atoms with Gasteiger partial charge in [-0.3, -0.25) is 0 Å². The summed E-state index contributed by atoms with van der Waals surface area (Å²) in [5.74, 6) is 0. The number of benzene rings is 2. The van der Waals surface area contributed by atoms with E-state index in [1.54, 1.807) is 0 Å². The molecule has 0 radical (unpaired) electrons. The van der Waals surface area contributed by atoms with Gasteiger partial charge in [0.1, 0.15) is 0 Å². The maximum absolute atomic E-state index is 6.20. The average Bonchev–Trinajstić information content (AvgIpc) is 2.69. The van der Waals surface area contributed by atoms with Crippen molar-refractivity contribution >= 4 is 33.2 Å². The Kier molecular flexibility index (Phi) is 3.52. The maximum Gasteiger partial charge on any atom is 0.0494 e. The Morgan fingerprint density at radius 3 is 2.68 bits per heavy atom. The lowest BCUT2D eigenvalue weighted by atomic mass is 10.1. The Labute approximate surface area is 126 Å². The molecule has 0 bridgehead atoms. The first kappa shape index (κ1) is 13.0. The minimum Gasteiger partial charge on any atom is -0.365 e. The van der Waals surface area contributed by atoms with Gasteiger partial charge in [-0.25, -0.2) is 0 Å². The summed E-state index contributed by atoms with van der Waals surface area (Å²) in [7, 11) is 0. The van der Waals surface area contributed by atoms with E-state index in [1.165, 1.54) is 16.8 Å². The van der Waals surface area contributed by atoms with Gasteiger partial charge in [0.2, 0.25) is 0 Å². The van der Waals surface area contributed by atoms with Crippen molar-refractivity contribution in [2.45, 2.75) is 12.6 Å². The first-order valence-corrected chi connectivity index (χ1v) is 7.35. The van der Waals surface area contributed by atoms with Gasteiger partial charge in [-0.05, 0) is 41.5 Å². The second-order valence-electron chi connectivity index (χ2n) is 4.82. The molecule has 4 heteroatoms. The fourth-order valence-corrected chi connectivity index (χ4v) is 3.01. The summed E-state index contributed by atoms with van der Waals surface area (Å²) in [6, 6.07) is 14.4. The van der Waals surface area contributed by atoms with Gasteiger partial charge in [0.15, 0.2) is 0 Å². The topological polar surface area (TPSA) is 29.3 Å². The van der Waals surface area contributed by atoms with Crippen LogP contribution in [-0.4, -0.2) is 6.54 Å². The van der Waals surface area contributed by atoms with Crippen LogP contribution < -0.4 is 10.6 Å². The number of nitrogens with two attached hydrogens (primary N) is 1. The molecule has 0 fully saturated rings. The van der Waals surface area contributed by atoms with Gasteiger partial charge < -0.3 is 10.6 Å². The van der Waals surface area contributed by atoms with Crippen LogP contribution in [0.1, 0.15) is 17.2 Å². The predicted molar refractivity (Wildman–Crippen MR) is 83.6 cm³/mol. The van der Waals surface area contributed by atoms with Crippen LogP contribution in [0, 0.1) is 0 Å². The fraction of sp³-hybridized carbons (Fsp3) is 0.200. The van der Waals surface area contributed by atoms with Crippen LogP contribution in [0.3, 0.4) is 0 Å². The van der Waals surface area contributed by atoms with E-state index in [4.69, 9.17) is 17.3 Å². The molecule has 1 aliphatic heterocycles. The highest BCUT2D eigenvalue weighted by atomic mass is 79.9. The third-order valence-corrected chi connectivity index (χ3v) is 4.18. The van der Waals surface area contributed by atoms with Gasteiger partial charge in [-0.2, -0.15) is 0 Å². The lowest BCUT2D eigenvalue weighted by molar-refractivity contribution is 0.720. The highest BCUT2D eigenvalue weighted by Crippen LogP contribution is 2.36. The van der Waals surface area contributed by atoms with Crippen molar-refractivity contribution in [1.82, 2.24) is 0 Å². The van der Waals surface area contributed by atoms with Crippen LogP contribution in [0.5, 0.6) is 0 Å². The van der Waals surface area contributed by atoms with Gasteiger partial charge in [-0.15, -0.1) is 0 Å². The van der Waals surface area contributed by atoms with Crippen molar-refractivity contribution in [2.24, 2.45) is 5.73 Å². The van der Waals surface area contributed by atoms with Crippen molar-refractivity contribution in [3.63, 3.8) is 0 Å². The highest BCUT2D eigenvalue weighted by molar-refractivity contribution is 9.10. The van der Waals surface area contributed by atoms with E-state index in [0.717, 1.165) is 22.6 Å². The smallest absolute Gasteiger partial charge is 0.0494 e. The summed E-state index contributed by atoms with van der Waals surface area (Å²) in [5, 5.41) is 0.770. The monoisotopic (exact) mass is 336 g/mol. The van der Waals surface area contributed by atoms with Crippen molar-refractivity contribution in [3.8, 4) is 0 Å². The summed E-state index contributed by atoms with van der Waals surface area (Å²) in [4.78, 5) is 2.32. The fourth-order valence-electron chi connectivity index (χ4n) is 2.50. The standard InChI is InChI=1S/C15H14BrClN2/c16-11-3-6-15-13(7-11)14(18)9-19(15)8-10-1-4-12(17)5-2-10/h1-7,14H,8-9,18H2. The van der Waals surface area contributed by atoms with E-state index in [0.29, 0.717) is 0 Å². The molecule has 2 N–H and O–H groups in total. The molecule has 0 spiro atoms. The summed E-state index contributed by atoms with van der Waals surface area (Å²) >= 11 is 9.41. The summed E-state index contributed by atoms with van der Waals surface area (Å²) in [5.41, 5.74) is 9.88. The molecule has 0 saturated carbocycles. The van der Waals surface area contributed by atoms with Gasteiger partial charge in [0.05, 0.1) is 0 Å². The lowest BCUT2D eigenvalue weighted by Gasteiger charge is -2.19. The van der Waals surface area contributed by atoms with Crippen molar-refractivity contribution in [1.29, 1.82) is 0 Å². The van der Waals surface area contributed by atoms with Gasteiger partial charge >= 0.3 is 0 Å². The van der Waals surface area contributed by atoms with Gasteiger partial charge in [0.25, 0.3) is 0 Å². The third-order valence-electron chi connectivity index (χ3n) is 3.43. The second-order valence-corrected chi connectivity index (χ2v) is 6.17. The van der Waals surface area contributed by atoms with Crippen molar-refractivity contribution < 1.29 is 0 Å². The number of hydrogen-bond acceptors (Lipinski definition) is 2. The minimum atomic E-state index is 0.0831. The molecule has 2 aromatic carbocycles. The molecule has 2 nitrogen and oxygen atoms in total. The molecule has 1 atom stereocenters. The molecule has 98 valence electrons. The molecule has 2 aromatic rings. The number of nitrogens with zero attached hydrogens (tertiary/aromatic N) is 1. The van der Waals surface area contributed by atoms with E-state index < -0.39 is 0 Å². The zero-order chi connectivity index (χ0) is 13.4. The quantitative estimate of drug-likeness (QED) is 0.893. The zero-order valence-electron chi connectivity index (χ0n) is 10.3. The van der Waals surface area contributed by atoms with Crippen LogP contribution in [-0.2, 0) is 6.54 Å². The molecular formula is C15H14BrClN2. The van der Waals surface area contributed by atoms with E-state index in [9.17, 15) is 0 Å². The Bertz CT molecular complexity index is 598. The molecule has 0 aromatic heterocycles. The minimum absolute atomic E-state index is 0.0831. The number of fused-ring (bicyclic) bond motifs is 1. The van der Waals surface area contributed by atoms with E-state index in [-0.39, 0.29) is 6.04 Å². The molecule has 1 aliphatic rings. The van der Waals surface area contributed by atoms with E-state index in [1.807, 2.05) is 12.1 Å². The summed E-state index contributed by atoms with van der Waals surface area (Å²) in [6.07, 6.45) is 0. The Morgan fingerprint density at radius 2 is 1.95 bits per heavy atom. The molecule has 3 rings (SSSR count). The molecule has 0 saturated heterocycles. The summed E-state index contributed by atoms with van der Waals surface area (Å²) in [6.45, 7) is 1.72. The van der Waals surface area contributed by atoms with E-state index >= 15 is 0 Å². The van der Waals surface area contributed by atoms with Gasteiger partial charge in [0, 0.05) is 34.3 Å². The number of anilines is 1. The van der Waals surface area contributed by atoms with Crippen LogP contribution in [0.4, 0.5) is 5.69 Å². The molecule has 0 aliphatic carbocycles. The Hall–Kier alpha value is -1.03. The summed E-state index contributed by atoms with van der Waals surface area (Å²) < 4.78 is 1.08. The lowest BCUT2D eigenvalue weighted by Crippen LogP contribution is -2.23. The number of halogens is 2. The number of hydrogen-bond donors (Lipinski definition) is 1. The third kappa shape index (κ3) is 2.64. The molecule has 0 amide bonds. The highest BCUT2D eigenvalue weighted by Gasteiger charge is 2.25. The van der Waals surface area contributed by atoms with Crippen LogP contribution in [0.25, 0.3) is 0 Å². The zero-order valence-corrected chi connectivity index (χ0v) is 12.7. The SMILES string of the molecule is NC1CN(Cc2ccc(Cl)cc2)c2ccc(Br)cc21. The normalized spacial score (nSPS) is 17.6. The Balaban J connectivity index is 1.86. The second kappa shape index (κ2) is 5.16. The van der Waals surface area contributed by atoms with Gasteiger partial charge in [-0.1, -0.05) is 39.7 Å². The van der Waals surface area contributed by atoms with Crippen molar-refractivity contribution in [2.75, 3.05) is 11.4 Å². The predicted octanol–water partition coefficient (Wildman–Crippen LogP) is 4.12. The van der Waals surface area contributed by atoms with Crippen LogP contribution in [0.15, 0.2) is 46.9 Å². The largest absolute Gasteiger partial charge is 0.365 e. The Morgan fingerprint density at radius 1 is 1.21 bits per heavy atom. The van der Waals surface area contributed by atoms with E-state index in [2.05, 4.69) is 51.2 Å².